The molecule has 2 fully saturated rings. The van der Waals surface area contributed by atoms with E-state index in [2.05, 4.69) is 29.5 Å². The topological polar surface area (TPSA) is 73.8 Å². The number of aliphatic imine (C=N–C) groups is 1. The van der Waals surface area contributed by atoms with Gasteiger partial charge in [0.05, 0.1) is 11.4 Å². The van der Waals surface area contributed by atoms with Crippen LogP contribution in [0.3, 0.4) is 0 Å². The molecule has 1 atom stereocenters. The molecule has 3 rings (SSSR count). The lowest BCUT2D eigenvalue weighted by Gasteiger charge is -2.24. The number of thioether (sulfide) groups is 1. The molecule has 2 saturated heterocycles. The third-order valence-electron chi connectivity index (χ3n) is 5.32. The Labute approximate surface area is 196 Å². The third-order valence-corrected chi connectivity index (χ3v) is 8.77. The first-order chi connectivity index (χ1) is 13.4. The van der Waals surface area contributed by atoms with Crippen LogP contribution in [0, 0.1) is 0 Å². The van der Waals surface area contributed by atoms with Crippen LogP contribution in [0.1, 0.15) is 45.1 Å². The van der Waals surface area contributed by atoms with Crippen molar-refractivity contribution in [3.63, 3.8) is 0 Å². The molecule has 0 aromatic heterocycles. The second kappa shape index (κ2) is 11.2. The zero-order chi connectivity index (χ0) is 20.0. The SMILES string of the molecule is CCNC(=NCc1ccc(S(=O)(=O)N2CCCC2)cc1)NCC1(C)CCCS1.I. The van der Waals surface area contributed by atoms with Gasteiger partial charge in [-0.05, 0) is 63.0 Å². The molecule has 2 aliphatic rings. The van der Waals surface area contributed by atoms with Crippen molar-refractivity contribution in [3.8, 4) is 0 Å². The molecule has 9 heteroatoms. The summed E-state index contributed by atoms with van der Waals surface area (Å²) in [7, 11) is -3.35. The number of hydrogen-bond donors (Lipinski definition) is 2. The number of rotatable bonds is 7. The van der Waals surface area contributed by atoms with E-state index in [1.165, 1.54) is 18.6 Å². The summed E-state index contributed by atoms with van der Waals surface area (Å²) in [6.07, 6.45) is 4.41. The molecule has 1 unspecified atom stereocenters. The Balaban J connectivity index is 0.00000300. The van der Waals surface area contributed by atoms with Crippen molar-refractivity contribution >= 4 is 51.7 Å². The molecule has 0 radical (unpaired) electrons. The van der Waals surface area contributed by atoms with Crippen LogP contribution in [0.15, 0.2) is 34.2 Å². The van der Waals surface area contributed by atoms with Gasteiger partial charge in [0.2, 0.25) is 10.0 Å². The average molecular weight is 553 g/mol. The predicted octanol–water partition coefficient (Wildman–Crippen LogP) is 3.43. The highest BCUT2D eigenvalue weighted by atomic mass is 127. The lowest BCUT2D eigenvalue weighted by atomic mass is 10.1. The van der Waals surface area contributed by atoms with E-state index < -0.39 is 10.0 Å². The van der Waals surface area contributed by atoms with Crippen LogP contribution in [-0.2, 0) is 16.6 Å². The highest BCUT2D eigenvalue weighted by molar-refractivity contribution is 14.0. The van der Waals surface area contributed by atoms with Crippen molar-refractivity contribution in [3.05, 3.63) is 29.8 Å². The van der Waals surface area contributed by atoms with Gasteiger partial charge in [0.1, 0.15) is 0 Å². The molecule has 6 nitrogen and oxygen atoms in total. The van der Waals surface area contributed by atoms with Gasteiger partial charge in [-0.3, -0.25) is 0 Å². The lowest BCUT2D eigenvalue weighted by molar-refractivity contribution is 0.477. The zero-order valence-corrected chi connectivity index (χ0v) is 21.3. The standard InChI is InChI=1S/C20H32N4O2S2.HI/c1-3-21-19(23-16-20(2)11-6-14-27-20)22-15-17-7-9-18(10-8-17)28(25,26)24-12-4-5-13-24;/h7-10H,3-6,11-16H2,1-2H3,(H2,21,22,23);1H. The maximum atomic E-state index is 12.6. The summed E-state index contributed by atoms with van der Waals surface area (Å²) < 4.78 is 27.1. The van der Waals surface area contributed by atoms with Gasteiger partial charge >= 0.3 is 0 Å². The highest BCUT2D eigenvalue weighted by Crippen LogP contribution is 2.36. The quantitative estimate of drug-likeness (QED) is 0.308. The molecule has 2 N–H and O–H groups in total. The first kappa shape index (κ1) is 24.7. The number of nitrogens with zero attached hydrogens (tertiary/aromatic N) is 2. The zero-order valence-electron chi connectivity index (χ0n) is 17.3. The summed E-state index contributed by atoms with van der Waals surface area (Å²) in [5, 5.41) is 6.76. The minimum atomic E-state index is -3.35. The first-order valence-electron chi connectivity index (χ1n) is 10.2. The molecule has 2 aliphatic heterocycles. The fraction of sp³-hybridized carbons (Fsp3) is 0.650. The van der Waals surface area contributed by atoms with Crippen molar-refractivity contribution in [1.82, 2.24) is 14.9 Å². The fourth-order valence-corrected chi connectivity index (χ4v) is 6.36. The number of benzene rings is 1. The van der Waals surface area contributed by atoms with E-state index in [0.717, 1.165) is 37.5 Å². The smallest absolute Gasteiger partial charge is 0.243 e. The molecule has 1 aromatic carbocycles. The van der Waals surface area contributed by atoms with E-state index in [1.54, 1.807) is 16.4 Å². The number of sulfonamides is 1. The molecular weight excluding hydrogens is 519 g/mol. The van der Waals surface area contributed by atoms with Crippen molar-refractivity contribution in [1.29, 1.82) is 0 Å². The predicted molar refractivity (Wildman–Crippen MR) is 133 cm³/mol. The molecule has 164 valence electrons. The van der Waals surface area contributed by atoms with Gasteiger partial charge in [-0.1, -0.05) is 12.1 Å². The number of hydrogen-bond acceptors (Lipinski definition) is 4. The largest absolute Gasteiger partial charge is 0.357 e. The maximum absolute atomic E-state index is 12.6. The monoisotopic (exact) mass is 552 g/mol. The van der Waals surface area contributed by atoms with Gasteiger partial charge < -0.3 is 10.6 Å². The van der Waals surface area contributed by atoms with Crippen molar-refractivity contribution in [2.24, 2.45) is 4.99 Å². The summed E-state index contributed by atoms with van der Waals surface area (Å²) in [6.45, 7) is 7.84. The van der Waals surface area contributed by atoms with Gasteiger partial charge in [0.25, 0.3) is 0 Å². The van der Waals surface area contributed by atoms with E-state index in [-0.39, 0.29) is 28.7 Å². The molecule has 0 bridgehead atoms. The van der Waals surface area contributed by atoms with Crippen LogP contribution in [0.2, 0.25) is 0 Å². The van der Waals surface area contributed by atoms with E-state index in [4.69, 9.17) is 0 Å². The minimum Gasteiger partial charge on any atom is -0.357 e. The second-order valence-electron chi connectivity index (χ2n) is 7.71. The maximum Gasteiger partial charge on any atom is 0.243 e. The van der Waals surface area contributed by atoms with Gasteiger partial charge in [-0.25, -0.2) is 13.4 Å². The summed E-state index contributed by atoms with van der Waals surface area (Å²) in [4.78, 5) is 5.04. The Kier molecular flexibility index (Phi) is 9.56. The molecule has 29 heavy (non-hydrogen) atoms. The minimum absolute atomic E-state index is 0. The van der Waals surface area contributed by atoms with Crippen LogP contribution >= 0.6 is 35.7 Å². The van der Waals surface area contributed by atoms with E-state index in [0.29, 0.717) is 24.5 Å². The molecule has 2 heterocycles. The summed E-state index contributed by atoms with van der Waals surface area (Å²) in [6, 6.07) is 7.14. The van der Waals surface area contributed by atoms with Crippen LogP contribution in [0.25, 0.3) is 0 Å². The number of nitrogens with one attached hydrogen (secondary N) is 2. The second-order valence-corrected chi connectivity index (χ2v) is 11.3. The molecule has 1 aromatic rings. The normalized spacial score (nSPS) is 23.0. The van der Waals surface area contributed by atoms with E-state index in [9.17, 15) is 8.42 Å². The Bertz CT molecular complexity index is 772. The van der Waals surface area contributed by atoms with Crippen LogP contribution in [0.5, 0.6) is 0 Å². The molecular formula is C20H33IN4O2S2. The Hall–Kier alpha value is -0.520. The molecule has 0 saturated carbocycles. The van der Waals surface area contributed by atoms with Crippen LogP contribution in [0.4, 0.5) is 0 Å². The van der Waals surface area contributed by atoms with Gasteiger partial charge in [0, 0.05) is 30.9 Å². The Morgan fingerprint density at radius 2 is 1.86 bits per heavy atom. The number of halogens is 1. The van der Waals surface area contributed by atoms with Gasteiger partial charge in [0.15, 0.2) is 5.96 Å². The summed E-state index contributed by atoms with van der Waals surface area (Å²) in [5.74, 6) is 2.04. The van der Waals surface area contributed by atoms with Crippen molar-refractivity contribution in [2.75, 3.05) is 31.9 Å². The van der Waals surface area contributed by atoms with Gasteiger partial charge in [-0.2, -0.15) is 16.1 Å². The molecule has 0 spiro atoms. The van der Waals surface area contributed by atoms with Crippen LogP contribution in [-0.4, -0.2) is 55.4 Å². The summed E-state index contributed by atoms with van der Waals surface area (Å²) >= 11 is 2.03. The fourth-order valence-electron chi connectivity index (χ4n) is 3.60. The number of guanidine groups is 1. The van der Waals surface area contributed by atoms with Crippen molar-refractivity contribution in [2.45, 2.75) is 55.7 Å². The van der Waals surface area contributed by atoms with Crippen LogP contribution < -0.4 is 10.6 Å². The summed E-state index contributed by atoms with van der Waals surface area (Å²) in [5.41, 5.74) is 0.999. The highest BCUT2D eigenvalue weighted by Gasteiger charge is 2.29. The van der Waals surface area contributed by atoms with Gasteiger partial charge in [-0.15, -0.1) is 24.0 Å². The van der Waals surface area contributed by atoms with E-state index >= 15 is 0 Å². The molecule has 0 aliphatic carbocycles. The molecule has 0 amide bonds. The average Bonchev–Trinajstić information content (AvgIpc) is 3.37. The lowest BCUT2D eigenvalue weighted by Crippen LogP contribution is -2.43. The van der Waals surface area contributed by atoms with Crippen molar-refractivity contribution < 1.29 is 8.42 Å². The third kappa shape index (κ3) is 6.73. The Morgan fingerprint density at radius 3 is 2.45 bits per heavy atom. The van der Waals surface area contributed by atoms with E-state index in [1.807, 2.05) is 23.9 Å². The Morgan fingerprint density at radius 1 is 1.17 bits per heavy atom. The first-order valence-corrected chi connectivity index (χ1v) is 12.6.